The van der Waals surface area contributed by atoms with Crippen LogP contribution in [0.5, 0.6) is 0 Å². The molecule has 0 amide bonds. The van der Waals surface area contributed by atoms with Gasteiger partial charge < -0.3 is 0 Å². The van der Waals surface area contributed by atoms with E-state index in [2.05, 4.69) is 47.9 Å². The van der Waals surface area contributed by atoms with Gasteiger partial charge in [0.25, 0.3) is 0 Å². The number of aromatic nitrogens is 2. The molecule has 23 heavy (non-hydrogen) atoms. The van der Waals surface area contributed by atoms with Crippen molar-refractivity contribution in [1.82, 2.24) is 9.97 Å². The molecule has 0 radical (unpaired) electrons. The lowest BCUT2D eigenvalue weighted by Crippen LogP contribution is -2.10. The minimum absolute atomic E-state index is 0.0529. The van der Waals surface area contributed by atoms with Crippen molar-refractivity contribution in [2.45, 2.75) is 0 Å². The molecule has 114 valence electrons. The maximum atomic E-state index is 12.0. The number of rotatable bonds is 3. The lowest BCUT2D eigenvalue weighted by Gasteiger charge is -2.11. The van der Waals surface area contributed by atoms with Gasteiger partial charge in [-0.15, -0.1) is 37.9 Å². The average molecular weight is 360 g/mol. The molecular weight excluding hydrogens is 352 g/mol. The fourth-order valence-corrected chi connectivity index (χ4v) is 2.99. The summed E-state index contributed by atoms with van der Waals surface area (Å²) in [6.45, 7) is 0. The molecule has 5 nitrogen and oxygen atoms in total. The molecule has 3 aromatic rings. The zero-order valence-electron chi connectivity index (χ0n) is 11.3. The molecule has 0 bridgehead atoms. The van der Waals surface area contributed by atoms with Gasteiger partial charge >= 0.3 is 0 Å². The van der Waals surface area contributed by atoms with Crippen molar-refractivity contribution in [2.75, 3.05) is 0 Å². The monoisotopic (exact) mass is 360 g/mol. The van der Waals surface area contributed by atoms with Crippen LogP contribution in [0.4, 0.5) is 0 Å². The number of carbonyl (C=O) groups excluding carboxylic acids is 3. The van der Waals surface area contributed by atoms with Crippen molar-refractivity contribution in [3.63, 3.8) is 0 Å². The van der Waals surface area contributed by atoms with Crippen molar-refractivity contribution in [2.24, 2.45) is 0 Å². The number of fused-ring (bicyclic) bond motifs is 2. The van der Waals surface area contributed by atoms with Gasteiger partial charge in [-0.3, -0.25) is 14.4 Å². The predicted molar refractivity (Wildman–Crippen MR) is 97.0 cm³/mol. The summed E-state index contributed by atoms with van der Waals surface area (Å²) in [5.41, 5.74) is 1.34. The van der Waals surface area contributed by atoms with Crippen LogP contribution in [0, 0.1) is 0 Å². The summed E-state index contributed by atoms with van der Waals surface area (Å²) in [4.78, 5) is 44.3. The Morgan fingerprint density at radius 3 is 1.83 bits per heavy atom. The summed E-state index contributed by atoms with van der Waals surface area (Å²) < 4.78 is 0. The van der Waals surface area contributed by atoms with Crippen LogP contribution in [0.1, 0.15) is 31.1 Å². The molecule has 0 spiro atoms. The molecule has 1 heterocycles. The van der Waals surface area contributed by atoms with E-state index in [0.717, 1.165) is 0 Å². The Labute approximate surface area is 146 Å². The van der Waals surface area contributed by atoms with Gasteiger partial charge in [0.1, 0.15) is 5.52 Å². The van der Waals surface area contributed by atoms with Crippen LogP contribution in [-0.2, 0) is 0 Å². The van der Waals surface area contributed by atoms with Gasteiger partial charge in [0.2, 0.25) is 15.3 Å². The Morgan fingerprint density at radius 1 is 0.739 bits per heavy atom. The summed E-state index contributed by atoms with van der Waals surface area (Å²) in [5.74, 6) is 0. The molecule has 0 atom stereocenters. The SMILES string of the molecule is O=C(S)c1cc2nc3ccccc3nc2c(C(=O)S)c1C(=O)S. The van der Waals surface area contributed by atoms with E-state index in [0.29, 0.717) is 16.6 Å². The highest BCUT2D eigenvalue weighted by Crippen LogP contribution is 2.29. The number of hydrogen-bond donors (Lipinski definition) is 3. The second kappa shape index (κ2) is 5.95. The Morgan fingerprint density at radius 2 is 1.30 bits per heavy atom. The predicted octanol–water partition coefficient (Wildman–Crippen LogP) is 2.99. The van der Waals surface area contributed by atoms with Crippen molar-refractivity contribution in [3.05, 3.63) is 47.0 Å². The van der Waals surface area contributed by atoms with Gasteiger partial charge in [-0.1, -0.05) is 12.1 Å². The molecule has 8 heteroatoms. The standard InChI is InChI=1S/C15H8N2O3S3/c18-13(21)6-5-9-12(11(15(20)23)10(6)14(19)22)17-8-4-2-1-3-7(8)16-9/h1-5H,(H,18,21)(H,19,22)(H,20,23). The van der Waals surface area contributed by atoms with Gasteiger partial charge in [0.15, 0.2) is 0 Å². The normalized spacial score (nSPS) is 10.9. The van der Waals surface area contributed by atoms with Crippen LogP contribution in [0.15, 0.2) is 30.3 Å². The van der Waals surface area contributed by atoms with Crippen LogP contribution in [0.3, 0.4) is 0 Å². The molecule has 0 N–H and O–H groups in total. The third-order valence-corrected chi connectivity index (χ3v) is 3.98. The first-order valence-electron chi connectivity index (χ1n) is 6.33. The molecule has 1 aromatic heterocycles. The summed E-state index contributed by atoms with van der Waals surface area (Å²) >= 11 is 11.3. The van der Waals surface area contributed by atoms with Crippen LogP contribution in [-0.4, -0.2) is 25.3 Å². The van der Waals surface area contributed by atoms with Gasteiger partial charge in [-0.25, -0.2) is 9.97 Å². The van der Waals surface area contributed by atoms with E-state index in [-0.39, 0.29) is 22.2 Å². The van der Waals surface area contributed by atoms with Gasteiger partial charge in [0, 0.05) is 5.56 Å². The number of para-hydroxylation sites is 2. The van der Waals surface area contributed by atoms with Gasteiger partial charge in [-0.2, -0.15) is 0 Å². The van der Waals surface area contributed by atoms with E-state index >= 15 is 0 Å². The van der Waals surface area contributed by atoms with Crippen molar-refractivity contribution in [3.8, 4) is 0 Å². The molecule has 3 rings (SSSR count). The first-order chi connectivity index (χ1) is 10.9. The van der Waals surface area contributed by atoms with Gasteiger partial charge in [0.05, 0.1) is 27.7 Å². The van der Waals surface area contributed by atoms with Crippen LogP contribution in [0.25, 0.3) is 22.1 Å². The molecule has 0 aliphatic heterocycles. The van der Waals surface area contributed by atoms with E-state index in [9.17, 15) is 14.4 Å². The topological polar surface area (TPSA) is 77.0 Å². The lowest BCUT2D eigenvalue weighted by molar-refractivity contribution is 0.105. The summed E-state index contributed by atoms with van der Waals surface area (Å²) in [6.07, 6.45) is 0. The molecule has 0 unspecified atom stereocenters. The molecule has 0 saturated carbocycles. The van der Waals surface area contributed by atoms with E-state index in [1.807, 2.05) is 0 Å². The molecule has 0 fully saturated rings. The number of carbonyl (C=O) groups is 3. The minimum Gasteiger partial charge on any atom is -0.282 e. The summed E-state index contributed by atoms with van der Waals surface area (Å²) in [5, 5.41) is -2.11. The third kappa shape index (κ3) is 2.73. The molecule has 2 aromatic carbocycles. The van der Waals surface area contributed by atoms with Crippen LogP contribution in [0.2, 0.25) is 0 Å². The quantitative estimate of drug-likeness (QED) is 0.494. The zero-order valence-corrected chi connectivity index (χ0v) is 14.0. The van der Waals surface area contributed by atoms with Gasteiger partial charge in [-0.05, 0) is 18.2 Å². The van der Waals surface area contributed by atoms with E-state index in [1.165, 1.54) is 6.07 Å². The summed E-state index contributed by atoms with van der Waals surface area (Å²) in [6, 6.07) is 8.44. The van der Waals surface area contributed by atoms with E-state index in [1.54, 1.807) is 24.3 Å². The van der Waals surface area contributed by atoms with Crippen molar-refractivity contribution in [1.29, 1.82) is 0 Å². The smallest absolute Gasteiger partial charge is 0.219 e. The number of benzene rings is 2. The Hall–Kier alpha value is -1.90. The summed E-state index contributed by atoms with van der Waals surface area (Å²) in [7, 11) is 0. The number of nitrogens with zero attached hydrogens (tertiary/aromatic N) is 2. The largest absolute Gasteiger partial charge is 0.282 e. The first-order valence-corrected chi connectivity index (χ1v) is 7.67. The Bertz CT molecular complexity index is 1020. The maximum Gasteiger partial charge on any atom is 0.219 e. The highest BCUT2D eigenvalue weighted by Gasteiger charge is 2.25. The fraction of sp³-hybridized carbons (Fsp3) is 0. The average Bonchev–Trinajstić information content (AvgIpc) is 2.50. The molecule has 0 saturated heterocycles. The second-order valence-corrected chi connectivity index (χ2v) is 5.89. The second-order valence-electron chi connectivity index (χ2n) is 4.67. The molecular formula is C15H8N2O3S3. The number of hydrogen-bond acceptors (Lipinski definition) is 5. The highest BCUT2D eigenvalue weighted by atomic mass is 32.1. The molecule has 0 aliphatic rings. The first kappa shape index (κ1) is 16.0. The van der Waals surface area contributed by atoms with E-state index < -0.39 is 15.3 Å². The van der Waals surface area contributed by atoms with Crippen molar-refractivity contribution >= 4 is 75.3 Å². The lowest BCUT2D eigenvalue weighted by atomic mass is 10.0. The minimum atomic E-state index is -0.739. The molecule has 0 aliphatic carbocycles. The van der Waals surface area contributed by atoms with E-state index in [4.69, 9.17) is 0 Å². The zero-order chi connectivity index (χ0) is 16.7. The highest BCUT2D eigenvalue weighted by molar-refractivity contribution is 7.98. The van der Waals surface area contributed by atoms with Crippen LogP contribution < -0.4 is 0 Å². The maximum absolute atomic E-state index is 12.0. The third-order valence-electron chi connectivity index (χ3n) is 3.29. The van der Waals surface area contributed by atoms with Crippen molar-refractivity contribution < 1.29 is 14.4 Å². The van der Waals surface area contributed by atoms with Crippen LogP contribution >= 0.6 is 37.9 Å². The number of thiol groups is 3. The fourth-order valence-electron chi connectivity index (χ4n) is 2.36. The Balaban J connectivity index is 2.58. The Kier molecular flexibility index (Phi) is 4.13.